The number of carboxylic acid groups (broad SMARTS) is 2. The zero-order chi connectivity index (χ0) is 12.1. The fourth-order valence-electron chi connectivity index (χ4n) is 1.68. The van der Waals surface area contributed by atoms with E-state index in [4.69, 9.17) is 15.9 Å². The summed E-state index contributed by atoms with van der Waals surface area (Å²) < 4.78 is 0. The number of nitrogens with two attached hydrogens (primary N) is 1. The zero-order valence-electron chi connectivity index (χ0n) is 9.00. The molecule has 92 valence electrons. The van der Waals surface area contributed by atoms with Crippen molar-refractivity contribution < 1.29 is 19.8 Å². The first-order valence-electron chi connectivity index (χ1n) is 5.26. The summed E-state index contributed by atoms with van der Waals surface area (Å²) in [5, 5.41) is 20.5. The minimum Gasteiger partial charge on any atom is -0.480 e. The van der Waals surface area contributed by atoms with Gasteiger partial charge in [0.1, 0.15) is 6.04 Å². The molecule has 0 bridgehead atoms. The van der Waals surface area contributed by atoms with Crippen molar-refractivity contribution in [3.8, 4) is 0 Å². The van der Waals surface area contributed by atoms with Crippen molar-refractivity contribution in [3.63, 3.8) is 0 Å². The molecule has 1 heterocycles. The van der Waals surface area contributed by atoms with Gasteiger partial charge in [0.2, 0.25) is 0 Å². The Labute approximate surface area is 93.4 Å². The van der Waals surface area contributed by atoms with Crippen molar-refractivity contribution in [2.24, 2.45) is 5.73 Å². The first-order chi connectivity index (χ1) is 7.52. The Balaban J connectivity index is 2.45. The molecule has 1 amide bonds. The van der Waals surface area contributed by atoms with Crippen LogP contribution >= 0.6 is 0 Å². The molecule has 1 saturated heterocycles. The van der Waals surface area contributed by atoms with Crippen LogP contribution in [-0.4, -0.2) is 58.0 Å². The molecule has 7 heteroatoms. The minimum atomic E-state index is -1.10. The van der Waals surface area contributed by atoms with Crippen LogP contribution in [0.4, 0.5) is 4.79 Å². The minimum absolute atomic E-state index is 0.123. The second-order valence-electron chi connectivity index (χ2n) is 3.80. The fourth-order valence-corrected chi connectivity index (χ4v) is 1.68. The van der Waals surface area contributed by atoms with Gasteiger partial charge >= 0.3 is 12.1 Å². The summed E-state index contributed by atoms with van der Waals surface area (Å²) in [7, 11) is 0. The summed E-state index contributed by atoms with van der Waals surface area (Å²) in [5.74, 6) is -1.10. The van der Waals surface area contributed by atoms with Gasteiger partial charge in [-0.25, -0.2) is 14.8 Å². The maximum absolute atomic E-state index is 11.0. The molecule has 0 aromatic heterocycles. The summed E-state index contributed by atoms with van der Waals surface area (Å²) in [6.07, 6.45) is 1.00. The Morgan fingerprint density at radius 3 is 2.31 bits per heavy atom. The molecule has 4 N–H and O–H groups in total. The van der Waals surface area contributed by atoms with Gasteiger partial charge in [-0.1, -0.05) is 0 Å². The molecular weight excluding hydrogens is 214 g/mol. The summed E-state index contributed by atoms with van der Waals surface area (Å²) in [6, 6.07) is -1.01. The van der Waals surface area contributed by atoms with E-state index in [2.05, 4.69) is 0 Å². The molecule has 1 rings (SSSR count). The largest absolute Gasteiger partial charge is 0.480 e. The van der Waals surface area contributed by atoms with Gasteiger partial charge in [-0.15, -0.1) is 0 Å². The number of carbonyl (C=O) groups is 2. The van der Waals surface area contributed by atoms with Crippen LogP contribution in [0.15, 0.2) is 0 Å². The number of rotatable bonds is 5. The van der Waals surface area contributed by atoms with Crippen LogP contribution in [0.5, 0.6) is 0 Å². The molecule has 0 aromatic rings. The maximum atomic E-state index is 11.0. The van der Waals surface area contributed by atoms with Gasteiger partial charge in [-0.2, -0.15) is 0 Å². The highest BCUT2D eigenvalue weighted by Gasteiger charge is 2.25. The van der Waals surface area contributed by atoms with E-state index in [1.165, 1.54) is 0 Å². The summed E-state index contributed by atoms with van der Waals surface area (Å²) >= 11 is 0. The van der Waals surface area contributed by atoms with Crippen molar-refractivity contribution in [2.45, 2.75) is 25.3 Å². The zero-order valence-corrected chi connectivity index (χ0v) is 9.00. The van der Waals surface area contributed by atoms with Crippen molar-refractivity contribution in [3.05, 3.63) is 0 Å². The number of hydrazine groups is 1. The number of hydrogen-bond acceptors (Lipinski definition) is 4. The predicted molar refractivity (Wildman–Crippen MR) is 55.8 cm³/mol. The topological polar surface area (TPSA) is 107 Å². The van der Waals surface area contributed by atoms with E-state index in [0.717, 1.165) is 17.9 Å². The van der Waals surface area contributed by atoms with Crippen LogP contribution in [0.2, 0.25) is 0 Å². The van der Waals surface area contributed by atoms with E-state index in [1.54, 1.807) is 5.01 Å². The van der Waals surface area contributed by atoms with Crippen LogP contribution < -0.4 is 5.73 Å². The Kier molecular flexibility index (Phi) is 4.51. The average Bonchev–Trinajstić information content (AvgIpc) is 2.70. The molecule has 7 nitrogen and oxygen atoms in total. The maximum Gasteiger partial charge on any atom is 0.421 e. The summed E-state index contributed by atoms with van der Waals surface area (Å²) in [5.41, 5.74) is 5.33. The lowest BCUT2D eigenvalue weighted by Gasteiger charge is -2.29. The van der Waals surface area contributed by atoms with Crippen LogP contribution in [0, 0.1) is 0 Å². The second kappa shape index (κ2) is 5.66. The highest BCUT2D eigenvalue weighted by atomic mass is 16.4. The number of hydrogen-bond donors (Lipinski definition) is 3. The quantitative estimate of drug-likeness (QED) is 0.603. The number of aliphatic carboxylic acids is 1. The van der Waals surface area contributed by atoms with Gasteiger partial charge < -0.3 is 15.9 Å². The highest BCUT2D eigenvalue weighted by molar-refractivity contribution is 5.73. The molecule has 0 aromatic carbocycles. The number of carboxylic acids is 1. The molecule has 0 spiro atoms. The van der Waals surface area contributed by atoms with Crippen LogP contribution in [0.1, 0.15) is 19.3 Å². The third kappa shape index (κ3) is 3.35. The molecule has 1 fully saturated rings. The Morgan fingerprint density at radius 1 is 1.31 bits per heavy atom. The van der Waals surface area contributed by atoms with Gasteiger partial charge in [0, 0.05) is 19.6 Å². The first-order valence-corrected chi connectivity index (χ1v) is 5.26. The second-order valence-corrected chi connectivity index (χ2v) is 3.80. The van der Waals surface area contributed by atoms with Crippen molar-refractivity contribution >= 4 is 12.1 Å². The molecule has 1 aliphatic rings. The Morgan fingerprint density at radius 2 is 1.88 bits per heavy atom. The van der Waals surface area contributed by atoms with Gasteiger partial charge in [0.15, 0.2) is 0 Å². The van der Waals surface area contributed by atoms with E-state index in [1.807, 2.05) is 0 Å². The number of amides is 1. The SMILES string of the molecule is N[C@@H](CCN(C(=O)O)N1CCCC1)C(=O)O. The molecule has 0 aliphatic carbocycles. The fraction of sp³-hybridized carbons (Fsp3) is 0.778. The smallest absolute Gasteiger partial charge is 0.421 e. The third-order valence-corrected chi connectivity index (χ3v) is 2.61. The Bertz CT molecular complexity index is 265. The molecule has 1 atom stereocenters. The molecule has 1 aliphatic heterocycles. The van der Waals surface area contributed by atoms with Gasteiger partial charge in [-0.05, 0) is 19.3 Å². The van der Waals surface area contributed by atoms with E-state index in [-0.39, 0.29) is 13.0 Å². The Hall–Kier alpha value is -1.34. The summed E-state index contributed by atoms with van der Waals surface area (Å²) in [6.45, 7) is 1.53. The average molecular weight is 231 g/mol. The van der Waals surface area contributed by atoms with Gasteiger partial charge in [0.05, 0.1) is 0 Å². The molecule has 0 unspecified atom stereocenters. The van der Waals surface area contributed by atoms with Gasteiger partial charge in [-0.3, -0.25) is 4.79 Å². The predicted octanol–water partition coefficient (Wildman–Crippen LogP) is -0.221. The first kappa shape index (κ1) is 12.7. The molecule has 16 heavy (non-hydrogen) atoms. The third-order valence-electron chi connectivity index (χ3n) is 2.61. The van der Waals surface area contributed by atoms with Crippen molar-refractivity contribution in [1.29, 1.82) is 0 Å². The lowest BCUT2D eigenvalue weighted by Crippen LogP contribution is -2.46. The monoisotopic (exact) mass is 231 g/mol. The van der Waals surface area contributed by atoms with Crippen LogP contribution in [0.3, 0.4) is 0 Å². The van der Waals surface area contributed by atoms with E-state index in [9.17, 15) is 9.59 Å². The van der Waals surface area contributed by atoms with Crippen LogP contribution in [0.25, 0.3) is 0 Å². The summed E-state index contributed by atoms with van der Waals surface area (Å²) in [4.78, 5) is 21.5. The standard InChI is InChI=1S/C9H17N3O4/c10-7(8(13)14)3-6-12(9(15)16)11-4-1-2-5-11/h7H,1-6,10H2,(H,13,14)(H,15,16)/t7-/m0/s1. The lowest BCUT2D eigenvalue weighted by molar-refractivity contribution is -0.139. The van der Waals surface area contributed by atoms with Crippen molar-refractivity contribution in [2.75, 3.05) is 19.6 Å². The molecule has 0 saturated carbocycles. The molecule has 0 radical (unpaired) electrons. The van der Waals surface area contributed by atoms with E-state index >= 15 is 0 Å². The van der Waals surface area contributed by atoms with E-state index < -0.39 is 18.1 Å². The van der Waals surface area contributed by atoms with E-state index in [0.29, 0.717) is 13.1 Å². The lowest BCUT2D eigenvalue weighted by atomic mass is 10.2. The highest BCUT2D eigenvalue weighted by Crippen LogP contribution is 2.12. The normalized spacial score (nSPS) is 18.3. The van der Waals surface area contributed by atoms with Gasteiger partial charge in [0.25, 0.3) is 0 Å². The number of nitrogens with zero attached hydrogens (tertiary/aromatic N) is 2. The van der Waals surface area contributed by atoms with Crippen LogP contribution in [-0.2, 0) is 4.79 Å². The van der Waals surface area contributed by atoms with Crippen molar-refractivity contribution in [1.82, 2.24) is 10.0 Å². The molecular formula is C9H17N3O4.